The van der Waals surface area contributed by atoms with E-state index in [-0.39, 0.29) is 21.6 Å². The molecule has 3 aromatic rings. The summed E-state index contributed by atoms with van der Waals surface area (Å²) in [5.41, 5.74) is 3.83. The Morgan fingerprint density at radius 1 is 0.971 bits per heavy atom. The van der Waals surface area contributed by atoms with Crippen molar-refractivity contribution >= 4 is 44.8 Å². The predicted octanol–water partition coefficient (Wildman–Crippen LogP) is 5.94. The normalized spacial score (nSPS) is 14.2. The number of fused-ring (bicyclic) bond motifs is 1. The number of aryl methyl sites for hydroxylation is 2. The van der Waals surface area contributed by atoms with E-state index in [1.807, 2.05) is 13.0 Å². The van der Waals surface area contributed by atoms with Crippen molar-refractivity contribution in [1.82, 2.24) is 5.32 Å². The lowest BCUT2D eigenvalue weighted by Crippen LogP contribution is -2.41. The molecule has 0 radical (unpaired) electrons. The van der Waals surface area contributed by atoms with E-state index >= 15 is 0 Å². The van der Waals surface area contributed by atoms with Gasteiger partial charge in [0.15, 0.2) is 0 Å². The lowest BCUT2D eigenvalue weighted by Gasteiger charge is -2.26. The number of carbonyl (C=O) groups excluding carboxylic acids is 1. The van der Waals surface area contributed by atoms with Crippen molar-refractivity contribution < 1.29 is 13.2 Å². The fraction of sp³-hybridized carbons (Fsp3) is 0.269. The van der Waals surface area contributed by atoms with Gasteiger partial charge in [-0.1, -0.05) is 59.6 Å². The minimum absolute atomic E-state index is 0.0570. The maximum Gasteiger partial charge on any atom is 0.264 e. The molecule has 0 fully saturated rings. The quantitative estimate of drug-likeness (QED) is 0.422. The molecular formula is C26H26Cl2N2O3S. The van der Waals surface area contributed by atoms with Crippen molar-refractivity contribution in [2.24, 2.45) is 0 Å². The first kappa shape index (κ1) is 24.6. The molecule has 34 heavy (non-hydrogen) atoms. The van der Waals surface area contributed by atoms with Crippen LogP contribution in [0.4, 0.5) is 5.69 Å². The van der Waals surface area contributed by atoms with Crippen molar-refractivity contribution in [2.75, 3.05) is 10.8 Å². The Hall–Kier alpha value is -2.54. The molecule has 0 saturated heterocycles. The fourth-order valence-corrected chi connectivity index (χ4v) is 6.11. The number of benzene rings is 3. The largest absolute Gasteiger partial charge is 0.348 e. The lowest BCUT2D eigenvalue weighted by atomic mass is 9.89. The third-order valence-electron chi connectivity index (χ3n) is 6.05. The summed E-state index contributed by atoms with van der Waals surface area (Å²) >= 11 is 12.5. The molecule has 1 atom stereocenters. The highest BCUT2D eigenvalue weighted by atomic mass is 35.5. The number of nitrogens with one attached hydrogen (secondary N) is 1. The van der Waals surface area contributed by atoms with E-state index in [1.165, 1.54) is 48.2 Å². The van der Waals surface area contributed by atoms with Gasteiger partial charge in [-0.25, -0.2) is 8.42 Å². The van der Waals surface area contributed by atoms with Gasteiger partial charge >= 0.3 is 0 Å². The summed E-state index contributed by atoms with van der Waals surface area (Å²) in [4.78, 5) is 13.1. The van der Waals surface area contributed by atoms with Gasteiger partial charge in [0.25, 0.3) is 10.0 Å². The van der Waals surface area contributed by atoms with Crippen LogP contribution in [0.15, 0.2) is 71.6 Å². The van der Waals surface area contributed by atoms with Crippen molar-refractivity contribution in [1.29, 1.82) is 0 Å². The number of amides is 1. The second-order valence-corrected chi connectivity index (χ2v) is 11.2. The Bertz CT molecular complexity index is 1300. The molecule has 0 aliphatic heterocycles. The van der Waals surface area contributed by atoms with Gasteiger partial charge in [-0.05, 0) is 79.6 Å². The molecule has 1 aliphatic rings. The Kier molecular flexibility index (Phi) is 7.51. The smallest absolute Gasteiger partial charge is 0.264 e. The van der Waals surface area contributed by atoms with E-state index in [0.717, 1.165) is 22.7 Å². The molecule has 178 valence electrons. The van der Waals surface area contributed by atoms with Gasteiger partial charge in [0.2, 0.25) is 5.91 Å². The van der Waals surface area contributed by atoms with Gasteiger partial charge in [0, 0.05) is 5.02 Å². The van der Waals surface area contributed by atoms with Crippen molar-refractivity contribution in [3.8, 4) is 0 Å². The van der Waals surface area contributed by atoms with Gasteiger partial charge in [0.05, 0.1) is 21.6 Å². The minimum atomic E-state index is -4.07. The highest BCUT2D eigenvalue weighted by Crippen LogP contribution is 2.33. The van der Waals surface area contributed by atoms with Gasteiger partial charge < -0.3 is 5.32 Å². The zero-order valence-electron chi connectivity index (χ0n) is 18.8. The Balaban J connectivity index is 1.60. The number of hydrogen-bond acceptors (Lipinski definition) is 3. The van der Waals surface area contributed by atoms with Crippen molar-refractivity contribution in [3.05, 3.63) is 93.5 Å². The second kappa shape index (κ2) is 10.4. The van der Waals surface area contributed by atoms with E-state index in [1.54, 1.807) is 24.3 Å². The second-order valence-electron chi connectivity index (χ2n) is 8.44. The number of anilines is 1. The Morgan fingerprint density at radius 3 is 2.41 bits per heavy atom. The average molecular weight is 517 g/mol. The SMILES string of the molecule is C[C@H](NC(=O)CN(c1cc(Cl)ccc1Cl)S(=O)(=O)c1ccccc1)c1ccc2c(c1)CCCC2. The van der Waals surface area contributed by atoms with Crippen LogP contribution >= 0.6 is 23.2 Å². The number of carbonyl (C=O) groups is 1. The van der Waals surface area contributed by atoms with Crippen LogP contribution in [0.25, 0.3) is 0 Å². The number of nitrogens with zero attached hydrogens (tertiary/aromatic N) is 1. The molecule has 4 rings (SSSR count). The third-order valence-corrected chi connectivity index (χ3v) is 8.37. The number of rotatable bonds is 7. The molecule has 1 amide bonds. The molecular weight excluding hydrogens is 491 g/mol. The zero-order valence-corrected chi connectivity index (χ0v) is 21.1. The van der Waals surface area contributed by atoms with E-state index in [2.05, 4.69) is 17.4 Å². The summed E-state index contributed by atoms with van der Waals surface area (Å²) in [6, 6.07) is 18.5. The first-order valence-corrected chi connectivity index (χ1v) is 13.4. The maximum atomic E-state index is 13.5. The summed E-state index contributed by atoms with van der Waals surface area (Å²) < 4.78 is 28.0. The topological polar surface area (TPSA) is 66.5 Å². The summed E-state index contributed by atoms with van der Waals surface area (Å²) in [6.45, 7) is 1.46. The highest BCUT2D eigenvalue weighted by molar-refractivity contribution is 7.92. The molecule has 5 nitrogen and oxygen atoms in total. The zero-order chi connectivity index (χ0) is 24.3. The van der Waals surface area contributed by atoms with Crippen LogP contribution in [0.5, 0.6) is 0 Å². The molecule has 1 N–H and O–H groups in total. The molecule has 0 spiro atoms. The molecule has 0 heterocycles. The Labute approximate surface area is 210 Å². The molecule has 0 bridgehead atoms. The molecule has 1 aliphatic carbocycles. The summed E-state index contributed by atoms with van der Waals surface area (Å²) in [5, 5.41) is 3.44. The minimum Gasteiger partial charge on any atom is -0.348 e. The van der Waals surface area contributed by atoms with Crippen LogP contribution in [0, 0.1) is 0 Å². The molecule has 8 heteroatoms. The van der Waals surface area contributed by atoms with Crippen LogP contribution in [0.2, 0.25) is 10.0 Å². The van der Waals surface area contributed by atoms with Crippen LogP contribution < -0.4 is 9.62 Å². The average Bonchev–Trinajstić information content (AvgIpc) is 2.84. The first-order chi connectivity index (χ1) is 16.3. The third kappa shape index (κ3) is 5.40. The first-order valence-electron chi connectivity index (χ1n) is 11.2. The maximum absolute atomic E-state index is 13.5. The van der Waals surface area contributed by atoms with E-state index in [9.17, 15) is 13.2 Å². The van der Waals surface area contributed by atoms with Crippen LogP contribution in [0.1, 0.15) is 42.5 Å². The molecule has 0 unspecified atom stereocenters. The standard InChI is InChI=1S/C26H26Cl2N2O3S/c1-18(20-12-11-19-7-5-6-8-21(19)15-20)29-26(31)17-30(25-16-22(27)13-14-24(25)28)34(32,33)23-9-3-2-4-10-23/h2-4,9-16,18H,5-8,17H2,1H3,(H,29,31)/t18-/m0/s1. The van der Waals surface area contributed by atoms with Crippen molar-refractivity contribution in [2.45, 2.75) is 43.5 Å². The van der Waals surface area contributed by atoms with Crippen molar-refractivity contribution in [3.63, 3.8) is 0 Å². The monoisotopic (exact) mass is 516 g/mol. The summed E-state index contributed by atoms with van der Waals surface area (Å²) in [6.07, 6.45) is 4.50. The molecule has 3 aromatic carbocycles. The van der Waals surface area contributed by atoms with Crippen LogP contribution in [0.3, 0.4) is 0 Å². The predicted molar refractivity (Wildman–Crippen MR) is 137 cm³/mol. The molecule has 0 saturated carbocycles. The van der Waals surface area contributed by atoms with Crippen LogP contribution in [-0.2, 0) is 27.7 Å². The van der Waals surface area contributed by atoms with Gasteiger partial charge in [0.1, 0.15) is 6.54 Å². The number of sulfonamides is 1. The van der Waals surface area contributed by atoms with E-state index in [0.29, 0.717) is 5.02 Å². The van der Waals surface area contributed by atoms with Gasteiger partial charge in [-0.15, -0.1) is 0 Å². The number of hydrogen-bond donors (Lipinski definition) is 1. The van der Waals surface area contributed by atoms with Crippen LogP contribution in [-0.4, -0.2) is 20.9 Å². The van der Waals surface area contributed by atoms with E-state index in [4.69, 9.17) is 23.2 Å². The van der Waals surface area contributed by atoms with E-state index < -0.39 is 22.5 Å². The number of halogens is 2. The molecule has 0 aromatic heterocycles. The lowest BCUT2D eigenvalue weighted by molar-refractivity contribution is -0.120. The summed E-state index contributed by atoms with van der Waals surface area (Å²) in [7, 11) is -4.07. The van der Waals surface area contributed by atoms with Gasteiger partial charge in [-0.3, -0.25) is 9.10 Å². The van der Waals surface area contributed by atoms with Gasteiger partial charge in [-0.2, -0.15) is 0 Å². The Morgan fingerprint density at radius 2 is 1.68 bits per heavy atom. The highest BCUT2D eigenvalue weighted by Gasteiger charge is 2.29. The summed E-state index contributed by atoms with van der Waals surface area (Å²) in [5.74, 6) is -0.444. The fourth-order valence-electron chi connectivity index (χ4n) is 4.22.